The molecule has 3 atom stereocenters. The number of unbranched alkanes of at least 4 members (excludes halogenated alkanes) is 7. The first-order valence-electron chi connectivity index (χ1n) is 20.7. The molecule has 1 saturated heterocycles. The van der Waals surface area contributed by atoms with E-state index < -0.39 is 32.5 Å². The lowest BCUT2D eigenvalue weighted by Crippen LogP contribution is -2.29. The van der Waals surface area contributed by atoms with E-state index in [-0.39, 0.29) is 19.4 Å². The van der Waals surface area contributed by atoms with Crippen molar-refractivity contribution in [3.63, 3.8) is 0 Å². The fourth-order valence-corrected chi connectivity index (χ4v) is 5.67. The van der Waals surface area contributed by atoms with E-state index >= 15 is 0 Å². The van der Waals surface area contributed by atoms with Crippen LogP contribution in [-0.4, -0.2) is 53.3 Å². The predicted molar refractivity (Wildman–Crippen MR) is 224 cm³/mol. The zero-order chi connectivity index (χ0) is 40.1. The van der Waals surface area contributed by atoms with Crippen molar-refractivity contribution < 1.29 is 42.7 Å². The van der Waals surface area contributed by atoms with E-state index in [9.17, 15) is 14.2 Å². The Morgan fingerprint density at radius 2 is 1.05 bits per heavy atom. The summed E-state index contributed by atoms with van der Waals surface area (Å²) in [4.78, 5) is 42.9. The zero-order valence-corrected chi connectivity index (χ0v) is 34.6. The maximum Gasteiger partial charge on any atom is 0.469 e. The van der Waals surface area contributed by atoms with Crippen molar-refractivity contribution in [3.8, 4) is 0 Å². The predicted octanol–water partition coefficient (Wildman–Crippen LogP) is 11.6. The van der Waals surface area contributed by atoms with Gasteiger partial charge in [0.05, 0.1) is 18.8 Å². The zero-order valence-electron chi connectivity index (χ0n) is 33.7. The van der Waals surface area contributed by atoms with Gasteiger partial charge in [0, 0.05) is 12.8 Å². The molecule has 10 heteroatoms. The van der Waals surface area contributed by atoms with Crippen LogP contribution in [0.5, 0.6) is 0 Å². The summed E-state index contributed by atoms with van der Waals surface area (Å²) < 4.78 is 32.0. The molecule has 2 N–H and O–H groups in total. The number of epoxide rings is 1. The number of phosphoric ester groups is 1. The molecule has 0 radical (unpaired) electrons. The van der Waals surface area contributed by atoms with Crippen LogP contribution in [0.2, 0.25) is 0 Å². The van der Waals surface area contributed by atoms with Crippen LogP contribution in [0.4, 0.5) is 0 Å². The third kappa shape index (κ3) is 35.1. The summed E-state index contributed by atoms with van der Waals surface area (Å²) in [6.07, 6.45) is 51.6. The molecule has 0 aromatic carbocycles. The van der Waals surface area contributed by atoms with Gasteiger partial charge in [0.2, 0.25) is 0 Å². The lowest BCUT2D eigenvalue weighted by Gasteiger charge is -2.18. The van der Waals surface area contributed by atoms with Crippen LogP contribution in [-0.2, 0) is 32.9 Å². The second kappa shape index (κ2) is 35.4. The van der Waals surface area contributed by atoms with Gasteiger partial charge in [-0.25, -0.2) is 4.57 Å². The van der Waals surface area contributed by atoms with E-state index in [1.807, 2.05) is 12.2 Å². The molecule has 0 amide bonds. The summed E-state index contributed by atoms with van der Waals surface area (Å²) in [7, 11) is -4.79. The lowest BCUT2D eigenvalue weighted by atomic mass is 10.1. The summed E-state index contributed by atoms with van der Waals surface area (Å²) in [6.45, 7) is 3.44. The maximum absolute atomic E-state index is 12.4. The molecule has 0 aliphatic carbocycles. The fraction of sp³-hybridized carbons (Fsp3) is 0.600. The second-order valence-electron chi connectivity index (χ2n) is 13.6. The Morgan fingerprint density at radius 3 is 1.62 bits per heavy atom. The van der Waals surface area contributed by atoms with Gasteiger partial charge in [0.25, 0.3) is 0 Å². The molecule has 9 nitrogen and oxygen atoms in total. The number of allylic oxidation sites excluding steroid dienone is 14. The van der Waals surface area contributed by atoms with E-state index in [1.165, 1.54) is 19.3 Å². The molecule has 310 valence electrons. The monoisotopic (exact) mass is 786 g/mol. The van der Waals surface area contributed by atoms with Crippen molar-refractivity contribution in [2.45, 2.75) is 161 Å². The lowest BCUT2D eigenvalue weighted by molar-refractivity contribution is -0.161. The van der Waals surface area contributed by atoms with E-state index in [0.717, 1.165) is 77.0 Å². The molecular weight excluding hydrogens is 715 g/mol. The quantitative estimate of drug-likeness (QED) is 0.0212. The summed E-state index contributed by atoms with van der Waals surface area (Å²) in [5.41, 5.74) is 0. The number of carbonyl (C=O) groups excluding carboxylic acids is 2. The third-order valence-corrected chi connectivity index (χ3v) is 8.97. The Morgan fingerprint density at radius 1 is 0.582 bits per heavy atom. The molecule has 0 aromatic rings. The Kier molecular flexibility index (Phi) is 32.1. The van der Waals surface area contributed by atoms with Crippen LogP contribution >= 0.6 is 7.82 Å². The number of carbonyl (C=O) groups is 2. The summed E-state index contributed by atoms with van der Waals surface area (Å²) in [5, 5.41) is 0. The van der Waals surface area contributed by atoms with E-state index in [0.29, 0.717) is 31.5 Å². The molecule has 1 heterocycles. The minimum atomic E-state index is -4.79. The fourth-order valence-electron chi connectivity index (χ4n) is 5.31. The van der Waals surface area contributed by atoms with Crippen LogP contribution in [0.25, 0.3) is 0 Å². The van der Waals surface area contributed by atoms with Gasteiger partial charge in [0.15, 0.2) is 6.10 Å². The maximum atomic E-state index is 12.4. The highest BCUT2D eigenvalue weighted by atomic mass is 31.2. The Labute approximate surface area is 332 Å². The minimum absolute atomic E-state index is 0.117. The summed E-state index contributed by atoms with van der Waals surface area (Å²) >= 11 is 0. The molecule has 1 aliphatic heterocycles. The molecule has 1 aliphatic rings. The van der Waals surface area contributed by atoms with Gasteiger partial charge in [0.1, 0.15) is 6.61 Å². The van der Waals surface area contributed by atoms with Crippen molar-refractivity contribution >= 4 is 19.8 Å². The normalized spacial score (nSPS) is 17.2. The van der Waals surface area contributed by atoms with E-state index in [2.05, 4.69) is 103 Å². The number of hydrogen-bond acceptors (Lipinski definition) is 7. The van der Waals surface area contributed by atoms with Gasteiger partial charge >= 0.3 is 19.8 Å². The van der Waals surface area contributed by atoms with Crippen molar-refractivity contribution in [2.24, 2.45) is 0 Å². The summed E-state index contributed by atoms with van der Waals surface area (Å²) in [5.74, 6) is -1.01. The van der Waals surface area contributed by atoms with Gasteiger partial charge < -0.3 is 24.0 Å². The Balaban J connectivity index is 2.15. The highest BCUT2D eigenvalue weighted by Crippen LogP contribution is 2.36. The smallest absolute Gasteiger partial charge is 0.462 e. The van der Waals surface area contributed by atoms with Crippen molar-refractivity contribution in [1.82, 2.24) is 0 Å². The number of ether oxygens (including phenoxy) is 3. The standard InChI is InChI=1S/C45H71O9P/c1-3-5-7-9-11-12-13-14-15-16-17-18-19-20-21-22-25-29-33-37-44(46)51-39-41(40-52-55(48,49)50)53-45(47)38-34-30-26-23-24-28-32-36-43-42(54-43)35-31-27-10-8-6-4-2/h5,7,11-12,14-15,17-18,20-21,23,26-28,31-32,41-43H,3-4,6,8-10,13,16,19,22,24-25,29-30,33-40H2,1-2H3,(H2,48,49,50)/b7-5-,12-11-,15-14-,18-17-,21-20-,26-23-,31-27-,32-28-/t41-,42?,43?/m1/s1. The van der Waals surface area contributed by atoms with Gasteiger partial charge in [-0.05, 0) is 96.3 Å². The van der Waals surface area contributed by atoms with Crippen LogP contribution in [0.15, 0.2) is 97.2 Å². The second-order valence-corrected chi connectivity index (χ2v) is 14.9. The average Bonchev–Trinajstić information content (AvgIpc) is 3.91. The summed E-state index contributed by atoms with van der Waals surface area (Å²) in [6, 6.07) is 0. The van der Waals surface area contributed by atoms with Crippen LogP contribution < -0.4 is 0 Å². The van der Waals surface area contributed by atoms with Gasteiger partial charge in [-0.15, -0.1) is 0 Å². The topological polar surface area (TPSA) is 132 Å². The Bertz CT molecular complexity index is 1270. The molecule has 55 heavy (non-hydrogen) atoms. The average molecular weight is 787 g/mol. The highest BCUT2D eigenvalue weighted by Gasteiger charge is 2.36. The minimum Gasteiger partial charge on any atom is -0.462 e. The molecule has 0 spiro atoms. The third-order valence-electron chi connectivity index (χ3n) is 8.49. The van der Waals surface area contributed by atoms with Crippen molar-refractivity contribution in [3.05, 3.63) is 97.2 Å². The first-order chi connectivity index (χ1) is 26.7. The SMILES string of the molecule is CC/C=C\C/C=C\C/C=C\C/C=C\C/C=C\CCCCCC(=O)OC[C@H](COP(=O)(O)O)OC(=O)CCC/C=C\C/C=C\CC1OC1C/C=C\CCCCC. The van der Waals surface area contributed by atoms with Crippen LogP contribution in [0.3, 0.4) is 0 Å². The van der Waals surface area contributed by atoms with Gasteiger partial charge in [-0.2, -0.15) is 0 Å². The Hall–Kier alpha value is -3.07. The molecule has 0 aromatic heterocycles. The molecular formula is C45H71O9P. The molecule has 0 bridgehead atoms. The van der Waals surface area contributed by atoms with E-state index in [1.54, 1.807) is 0 Å². The van der Waals surface area contributed by atoms with E-state index in [4.69, 9.17) is 24.0 Å². The van der Waals surface area contributed by atoms with Crippen LogP contribution in [0, 0.1) is 0 Å². The number of esters is 2. The molecule has 2 unspecified atom stereocenters. The molecule has 0 saturated carbocycles. The van der Waals surface area contributed by atoms with Crippen molar-refractivity contribution in [2.75, 3.05) is 13.2 Å². The van der Waals surface area contributed by atoms with Gasteiger partial charge in [-0.3, -0.25) is 14.1 Å². The number of hydrogen-bond donors (Lipinski definition) is 2. The first-order valence-corrected chi connectivity index (χ1v) is 22.2. The molecule has 1 fully saturated rings. The van der Waals surface area contributed by atoms with Crippen LogP contribution in [0.1, 0.15) is 142 Å². The first kappa shape index (κ1) is 49.9. The van der Waals surface area contributed by atoms with Crippen molar-refractivity contribution in [1.29, 1.82) is 0 Å². The number of rotatable bonds is 35. The number of phosphoric acid groups is 1. The van der Waals surface area contributed by atoms with Gasteiger partial charge in [-0.1, -0.05) is 130 Å². The molecule has 1 rings (SSSR count). The highest BCUT2D eigenvalue weighted by molar-refractivity contribution is 7.46. The largest absolute Gasteiger partial charge is 0.469 e.